The van der Waals surface area contributed by atoms with Gasteiger partial charge in [-0.2, -0.15) is 50.5 Å². The van der Waals surface area contributed by atoms with Crippen molar-refractivity contribution in [3.8, 4) is 0 Å². The molecule has 0 aliphatic rings. The third-order valence-corrected chi connectivity index (χ3v) is 15.5. The molecule has 0 aromatic rings. The Bertz CT molecular complexity index is 1840. The lowest BCUT2D eigenvalue weighted by atomic mass is 10.3. The molecule has 0 unspecified atom stereocenters. The van der Waals surface area contributed by atoms with Gasteiger partial charge in [0.05, 0.1) is 80.0 Å². The number of aliphatic carboxylic acids is 6. The lowest BCUT2D eigenvalue weighted by molar-refractivity contribution is -0.904. The lowest BCUT2D eigenvalue weighted by Crippen LogP contribution is -2.56. The lowest BCUT2D eigenvalue weighted by Gasteiger charge is -2.35. The molecule has 36 nitrogen and oxygen atoms in total. The van der Waals surface area contributed by atoms with E-state index in [1.54, 1.807) is 0 Å². The fourth-order valence-electron chi connectivity index (χ4n) is 2.58. The standard InChI is InChI=1S/3C7H18N.3C2H2O4.3CH4O6S2.BO3/c3*1-5-8(4,6-2)7-3;3*3-1(4)2(5)6;3*2-8(3,4)1-9(5,6)7;2-1(3)4/h3*5-7H2,1-4H3;3*(H,3,4)(H,5,6);3*1H2,(H,2,3,4)(H,5,6,7);/q3*+1;;;;;;;-3. The average Bonchev–Trinajstić information content (AvgIpc) is 3.17. The zero-order valence-corrected chi connectivity index (χ0v) is 46.7. The zero-order chi connectivity index (χ0) is 62.0. The fourth-order valence-corrected chi connectivity index (χ4v) is 7.09. The molecule has 0 heterocycles. The number of carboxylic acid groups (broad SMARTS) is 6. The summed E-state index contributed by atoms with van der Waals surface area (Å²) < 4.78 is 166. The number of quaternary nitrogens is 3. The predicted octanol–water partition coefficient (Wildman–Crippen LogP) is -5.84. The van der Waals surface area contributed by atoms with Crippen molar-refractivity contribution in [2.45, 2.75) is 62.3 Å². The van der Waals surface area contributed by atoms with Gasteiger partial charge in [0.1, 0.15) is 0 Å². The van der Waals surface area contributed by atoms with E-state index in [1.807, 2.05) is 0 Å². The van der Waals surface area contributed by atoms with Gasteiger partial charge < -0.3 is 59.2 Å². The number of rotatable bonds is 15. The molecule has 0 spiro atoms. The minimum Gasteiger partial charge on any atom is -0.907 e. The smallest absolute Gasteiger partial charge is 0.414 e. The maximum absolute atomic E-state index is 9.66. The van der Waals surface area contributed by atoms with Gasteiger partial charge in [-0.15, -0.1) is 0 Å². The molecule has 0 rings (SSSR count). The van der Waals surface area contributed by atoms with Crippen molar-refractivity contribution in [2.24, 2.45) is 0 Å². The summed E-state index contributed by atoms with van der Waals surface area (Å²) in [4.78, 5) is 54.6. The zero-order valence-electron chi connectivity index (χ0n) is 41.8. The van der Waals surface area contributed by atoms with Gasteiger partial charge in [0, 0.05) is 0 Å². The van der Waals surface area contributed by atoms with E-state index in [9.17, 15) is 50.5 Å². The Morgan fingerprint density at radius 1 is 0.301 bits per heavy atom. The van der Waals surface area contributed by atoms with Crippen LogP contribution >= 0.6 is 0 Å². The Morgan fingerprint density at radius 2 is 0.370 bits per heavy atom. The first-order valence-electron chi connectivity index (χ1n) is 19.4. The van der Waals surface area contributed by atoms with E-state index in [0.717, 1.165) is 0 Å². The second-order valence-corrected chi connectivity index (χ2v) is 23.5. The van der Waals surface area contributed by atoms with Crippen LogP contribution < -0.4 is 15.1 Å². The van der Waals surface area contributed by atoms with Gasteiger partial charge in [-0.05, 0) is 62.3 Å². The van der Waals surface area contributed by atoms with Crippen LogP contribution in [0.15, 0.2) is 0 Å². The fraction of sp³-hybridized carbons (Fsp3) is 0.800. The van der Waals surface area contributed by atoms with E-state index in [1.165, 1.54) is 72.4 Å². The van der Waals surface area contributed by atoms with Gasteiger partial charge in [-0.1, -0.05) is 0 Å². The van der Waals surface area contributed by atoms with E-state index in [4.69, 9.17) is 102 Å². The van der Waals surface area contributed by atoms with Crippen molar-refractivity contribution in [2.75, 3.05) is 95.3 Å². The molecule has 12 N–H and O–H groups in total. The monoisotopic (exact) mass is 1210 g/mol. The van der Waals surface area contributed by atoms with Crippen molar-refractivity contribution in [3.05, 3.63) is 0 Å². The van der Waals surface area contributed by atoms with Gasteiger partial charge >= 0.3 is 35.8 Å². The summed E-state index contributed by atoms with van der Waals surface area (Å²) in [5.74, 6) is -10.9. The van der Waals surface area contributed by atoms with Gasteiger partial charge in [-0.25, -0.2) is 28.8 Å². The normalized spacial score (nSPS) is 11.1. The molecular formula is C30H72BN3O33S6. The first-order valence-corrected chi connectivity index (χ1v) is 29.1. The maximum Gasteiger partial charge on any atom is 0.414 e. The van der Waals surface area contributed by atoms with Crippen LogP contribution in [0.4, 0.5) is 0 Å². The number of hydrogen-bond acceptors (Lipinski definition) is 21. The van der Waals surface area contributed by atoms with E-state index >= 15 is 0 Å². The molecule has 43 heteroatoms. The third-order valence-electron chi connectivity index (χ3n) is 8.31. The van der Waals surface area contributed by atoms with Gasteiger partial charge in [0.15, 0.2) is 0 Å². The molecule has 0 aliphatic heterocycles. The molecule has 0 aromatic carbocycles. The second-order valence-electron chi connectivity index (χ2n) is 13.7. The van der Waals surface area contributed by atoms with Crippen molar-refractivity contribution < 1.29 is 166 Å². The minimum absolute atomic E-state index is 1.21. The number of carbonyl (C=O) groups is 6. The van der Waals surface area contributed by atoms with Crippen molar-refractivity contribution >= 4 is 104 Å². The predicted molar refractivity (Wildman–Crippen MR) is 249 cm³/mol. The second kappa shape index (κ2) is 44.4. The highest BCUT2D eigenvalue weighted by Crippen LogP contribution is 1.99. The van der Waals surface area contributed by atoms with E-state index in [-0.39, 0.29) is 0 Å². The van der Waals surface area contributed by atoms with Crippen molar-refractivity contribution in [3.63, 3.8) is 0 Å². The highest BCUT2D eigenvalue weighted by Gasteiger charge is 2.18. The van der Waals surface area contributed by atoms with Crippen LogP contribution in [0, 0.1) is 0 Å². The van der Waals surface area contributed by atoms with Crippen LogP contribution in [-0.2, 0) is 89.5 Å². The van der Waals surface area contributed by atoms with Crippen molar-refractivity contribution in [1.29, 1.82) is 0 Å². The molecule has 73 heavy (non-hydrogen) atoms. The summed E-state index contributed by atoms with van der Waals surface area (Å²) in [5, 5.41) is 64.6. The quantitative estimate of drug-likeness (QED) is 0.0314. The molecule has 0 aromatic heterocycles. The van der Waals surface area contributed by atoms with Gasteiger partial charge in [0.2, 0.25) is 15.3 Å². The Labute approximate surface area is 425 Å². The van der Waals surface area contributed by atoms with E-state index in [0.29, 0.717) is 0 Å². The summed E-state index contributed by atoms with van der Waals surface area (Å²) in [6, 6.07) is 0. The first kappa shape index (κ1) is 91.8. The molecule has 0 aliphatic carbocycles. The first-order chi connectivity index (χ1) is 31.8. The molecule has 0 fully saturated rings. The van der Waals surface area contributed by atoms with Gasteiger partial charge in [0.25, 0.3) is 60.7 Å². The SMILES string of the molecule is CC[N+](C)(CC)CC.CC[N+](C)(CC)CC.CC[N+](C)(CC)CC.O=C(O)C(=O)O.O=C(O)C(=O)O.O=C(O)C(=O)O.O=S(=O)(O)CS(=O)(=O)O.O=S(=O)(O)CS(=O)(=O)O.O=S(=O)(O)CS(=O)(=O)O.[O-]B([O-])[O-]. The van der Waals surface area contributed by atoms with Crippen LogP contribution in [0.3, 0.4) is 0 Å². The highest BCUT2D eigenvalue weighted by atomic mass is 32.3. The Kier molecular flexibility index (Phi) is 55.8. The molecule has 0 radical (unpaired) electrons. The highest BCUT2D eigenvalue weighted by molar-refractivity contribution is 8.03. The molecule has 0 saturated carbocycles. The van der Waals surface area contributed by atoms with Crippen LogP contribution in [-0.4, -0.2) is 260 Å². The summed E-state index contributed by atoms with van der Waals surface area (Å²) in [6.07, 6.45) is 0. The molecule has 0 atom stereocenters. The van der Waals surface area contributed by atoms with E-state index in [2.05, 4.69) is 83.5 Å². The number of hydrogen-bond donors (Lipinski definition) is 12. The average molecular weight is 1210 g/mol. The van der Waals surface area contributed by atoms with Crippen LogP contribution in [0.2, 0.25) is 0 Å². The Morgan fingerprint density at radius 3 is 0.370 bits per heavy atom. The molecule has 0 saturated heterocycles. The number of nitrogens with zero attached hydrogens (tertiary/aromatic N) is 3. The molecule has 0 amide bonds. The summed E-state index contributed by atoms with van der Waals surface area (Å²) in [6.45, 7) is 31.5. The Hall–Kier alpha value is -3.90. The summed E-state index contributed by atoms with van der Waals surface area (Å²) in [5.41, 5.74) is 0. The topological polar surface area (TPSA) is 619 Å². The molecule has 0 bridgehead atoms. The van der Waals surface area contributed by atoms with Gasteiger partial charge in [-0.3, -0.25) is 34.6 Å². The van der Waals surface area contributed by atoms with Crippen molar-refractivity contribution in [1.82, 2.24) is 0 Å². The van der Waals surface area contributed by atoms with E-state index < -0.39 is 119 Å². The van der Waals surface area contributed by atoms with Crippen LogP contribution in [0.25, 0.3) is 0 Å². The number of carboxylic acids is 6. The largest absolute Gasteiger partial charge is 0.907 e. The van der Waals surface area contributed by atoms with Crippen LogP contribution in [0.1, 0.15) is 62.3 Å². The minimum atomic E-state index is -4.62. The third kappa shape index (κ3) is 106. The van der Waals surface area contributed by atoms with Crippen LogP contribution in [0.5, 0.6) is 0 Å². The maximum atomic E-state index is 9.66. The molecular weight excluding hydrogens is 1130 g/mol. The summed E-state index contributed by atoms with van der Waals surface area (Å²) in [7, 11) is -23.8. The summed E-state index contributed by atoms with van der Waals surface area (Å²) >= 11 is 0. The Balaban J connectivity index is -0.0000000760. The molecule has 444 valence electrons.